The van der Waals surface area contributed by atoms with E-state index in [1.54, 1.807) is 6.92 Å². The van der Waals surface area contributed by atoms with Gasteiger partial charge in [-0.25, -0.2) is 0 Å². The zero-order chi connectivity index (χ0) is 14.4. The second-order valence-corrected chi connectivity index (χ2v) is 4.11. The minimum atomic E-state index is -0.632. The fraction of sp³-hybridized carbons (Fsp3) is 0.417. The molecule has 0 aliphatic rings. The van der Waals surface area contributed by atoms with Gasteiger partial charge in [0.1, 0.15) is 5.75 Å². The Morgan fingerprint density at radius 2 is 2.26 bits per heavy atom. The van der Waals surface area contributed by atoms with Gasteiger partial charge in [-0.2, -0.15) is 0 Å². The summed E-state index contributed by atoms with van der Waals surface area (Å²) < 4.78 is 4.98. The number of rotatable bonds is 6. The number of amides is 1. The first-order valence-electron chi connectivity index (χ1n) is 5.71. The molecule has 7 heteroatoms. The van der Waals surface area contributed by atoms with Gasteiger partial charge >= 0.3 is 0 Å². The van der Waals surface area contributed by atoms with Crippen LogP contribution < -0.4 is 10.1 Å². The minimum absolute atomic E-state index is 0.0751. The van der Waals surface area contributed by atoms with E-state index in [0.717, 1.165) is 0 Å². The second kappa shape index (κ2) is 6.69. The molecule has 0 fully saturated rings. The van der Waals surface area contributed by atoms with Crippen LogP contribution in [0, 0.1) is 16.0 Å². The van der Waals surface area contributed by atoms with Crippen LogP contribution in [0.4, 0.5) is 5.69 Å². The highest BCUT2D eigenvalue weighted by molar-refractivity contribution is 6.00. The zero-order valence-corrected chi connectivity index (χ0v) is 10.8. The quantitative estimate of drug-likeness (QED) is 0.591. The molecule has 0 saturated heterocycles. The Hall–Kier alpha value is -2.15. The van der Waals surface area contributed by atoms with Crippen LogP contribution >= 0.6 is 0 Å². The summed E-state index contributed by atoms with van der Waals surface area (Å²) in [6, 6.07) is 4.17. The number of nitrogens with one attached hydrogen (secondary N) is 1. The van der Waals surface area contributed by atoms with Crippen molar-refractivity contribution in [3.05, 3.63) is 33.9 Å². The van der Waals surface area contributed by atoms with Crippen molar-refractivity contribution in [2.45, 2.75) is 6.92 Å². The average Bonchev–Trinajstić information content (AvgIpc) is 2.43. The van der Waals surface area contributed by atoms with E-state index in [-0.39, 0.29) is 36.1 Å². The summed E-state index contributed by atoms with van der Waals surface area (Å²) in [7, 11) is 1.34. The highest BCUT2D eigenvalue weighted by atomic mass is 16.6. The fourth-order valence-corrected chi connectivity index (χ4v) is 1.49. The number of benzene rings is 1. The monoisotopic (exact) mass is 268 g/mol. The van der Waals surface area contributed by atoms with Crippen LogP contribution in [0.5, 0.6) is 5.75 Å². The molecule has 1 unspecified atom stereocenters. The second-order valence-electron chi connectivity index (χ2n) is 4.11. The minimum Gasteiger partial charge on any atom is -0.496 e. The van der Waals surface area contributed by atoms with E-state index >= 15 is 0 Å². The van der Waals surface area contributed by atoms with Crippen LogP contribution in [-0.4, -0.2) is 36.2 Å². The Bertz CT molecular complexity index is 475. The van der Waals surface area contributed by atoms with Crippen molar-refractivity contribution < 1.29 is 19.6 Å². The topological polar surface area (TPSA) is 102 Å². The van der Waals surface area contributed by atoms with E-state index in [1.807, 2.05) is 0 Å². The Balaban J connectivity index is 3.03. The molecule has 1 rings (SSSR count). The van der Waals surface area contributed by atoms with Crippen LogP contribution in [0.1, 0.15) is 17.3 Å². The summed E-state index contributed by atoms with van der Waals surface area (Å²) in [6.45, 7) is 1.90. The number of aliphatic hydroxyl groups excluding tert-OH is 1. The lowest BCUT2D eigenvalue weighted by Gasteiger charge is -2.12. The Kier molecular flexibility index (Phi) is 5.25. The number of methoxy groups -OCH3 is 1. The van der Waals surface area contributed by atoms with Gasteiger partial charge in [-0.3, -0.25) is 14.9 Å². The molecule has 1 atom stereocenters. The lowest BCUT2D eigenvalue weighted by molar-refractivity contribution is -0.385. The van der Waals surface area contributed by atoms with Gasteiger partial charge in [-0.1, -0.05) is 13.0 Å². The molecular weight excluding hydrogens is 252 g/mol. The number of ether oxygens (including phenoxy) is 1. The van der Waals surface area contributed by atoms with Crippen LogP contribution in [0.2, 0.25) is 0 Å². The van der Waals surface area contributed by atoms with Crippen LogP contribution in [-0.2, 0) is 0 Å². The molecule has 0 aliphatic heterocycles. The van der Waals surface area contributed by atoms with Crippen LogP contribution in [0.25, 0.3) is 0 Å². The van der Waals surface area contributed by atoms with E-state index in [2.05, 4.69) is 5.32 Å². The zero-order valence-electron chi connectivity index (χ0n) is 10.8. The van der Waals surface area contributed by atoms with Gasteiger partial charge in [0, 0.05) is 19.2 Å². The summed E-state index contributed by atoms with van der Waals surface area (Å²) in [6.07, 6.45) is 0. The Morgan fingerprint density at radius 1 is 1.58 bits per heavy atom. The number of carbonyl (C=O) groups excluding carboxylic acids is 1. The molecule has 0 radical (unpaired) electrons. The number of hydrogen-bond acceptors (Lipinski definition) is 5. The molecule has 0 saturated carbocycles. The van der Waals surface area contributed by atoms with Gasteiger partial charge in [-0.15, -0.1) is 0 Å². The summed E-state index contributed by atoms with van der Waals surface area (Å²) in [5, 5.41) is 22.3. The highest BCUT2D eigenvalue weighted by Gasteiger charge is 2.24. The van der Waals surface area contributed by atoms with Crippen molar-refractivity contribution in [2.75, 3.05) is 20.3 Å². The molecule has 19 heavy (non-hydrogen) atoms. The Labute approximate surface area is 110 Å². The van der Waals surface area contributed by atoms with Crippen molar-refractivity contribution >= 4 is 11.6 Å². The normalized spacial score (nSPS) is 11.7. The Morgan fingerprint density at radius 3 is 2.79 bits per heavy atom. The predicted molar refractivity (Wildman–Crippen MR) is 68.2 cm³/mol. The molecule has 0 heterocycles. The molecule has 7 nitrogen and oxygen atoms in total. The largest absolute Gasteiger partial charge is 0.496 e. The van der Waals surface area contributed by atoms with Crippen molar-refractivity contribution in [2.24, 2.45) is 5.92 Å². The summed E-state index contributed by atoms with van der Waals surface area (Å²) in [4.78, 5) is 22.3. The van der Waals surface area contributed by atoms with Crippen LogP contribution in [0.15, 0.2) is 18.2 Å². The summed E-state index contributed by atoms with van der Waals surface area (Å²) in [5.74, 6) is -0.578. The third-order valence-electron chi connectivity index (χ3n) is 2.57. The first kappa shape index (κ1) is 14.9. The van der Waals surface area contributed by atoms with E-state index in [4.69, 9.17) is 9.84 Å². The maximum atomic E-state index is 12.0. The van der Waals surface area contributed by atoms with E-state index in [1.165, 1.54) is 25.3 Å². The summed E-state index contributed by atoms with van der Waals surface area (Å²) >= 11 is 0. The molecule has 0 bridgehead atoms. The number of carbonyl (C=O) groups is 1. The van der Waals surface area contributed by atoms with Crippen molar-refractivity contribution in [1.82, 2.24) is 5.32 Å². The summed E-state index contributed by atoms with van der Waals surface area (Å²) in [5.41, 5.74) is -0.423. The number of hydrogen-bond donors (Lipinski definition) is 2. The fourth-order valence-electron chi connectivity index (χ4n) is 1.49. The predicted octanol–water partition coefficient (Wildman–Crippen LogP) is 0.962. The third-order valence-corrected chi connectivity index (χ3v) is 2.57. The van der Waals surface area contributed by atoms with E-state index in [0.29, 0.717) is 0 Å². The average molecular weight is 268 g/mol. The molecule has 1 aromatic rings. The van der Waals surface area contributed by atoms with Gasteiger partial charge in [0.2, 0.25) is 0 Å². The van der Waals surface area contributed by atoms with Gasteiger partial charge < -0.3 is 15.2 Å². The number of nitrogens with zero attached hydrogens (tertiary/aromatic N) is 1. The van der Waals surface area contributed by atoms with Gasteiger partial charge in [-0.05, 0) is 12.0 Å². The SMILES string of the molecule is COc1cccc([N+](=O)[O-])c1C(=O)NCC(C)CO. The van der Waals surface area contributed by atoms with Crippen molar-refractivity contribution in [3.63, 3.8) is 0 Å². The van der Waals surface area contributed by atoms with E-state index < -0.39 is 10.8 Å². The number of nitro groups is 1. The lowest BCUT2D eigenvalue weighted by Crippen LogP contribution is -2.30. The molecule has 0 aromatic heterocycles. The van der Waals surface area contributed by atoms with Gasteiger partial charge in [0.05, 0.1) is 12.0 Å². The molecule has 104 valence electrons. The van der Waals surface area contributed by atoms with Crippen LogP contribution in [0.3, 0.4) is 0 Å². The van der Waals surface area contributed by atoms with E-state index in [9.17, 15) is 14.9 Å². The molecule has 0 aliphatic carbocycles. The molecule has 1 amide bonds. The third kappa shape index (κ3) is 3.65. The molecule has 1 aromatic carbocycles. The first-order chi connectivity index (χ1) is 9.01. The molecule has 2 N–H and O–H groups in total. The maximum absolute atomic E-state index is 12.0. The highest BCUT2D eigenvalue weighted by Crippen LogP contribution is 2.27. The smallest absolute Gasteiger partial charge is 0.285 e. The first-order valence-corrected chi connectivity index (χ1v) is 5.71. The molecular formula is C12H16N2O5. The number of aliphatic hydroxyl groups is 1. The molecule has 0 spiro atoms. The number of nitro benzene ring substituents is 1. The van der Waals surface area contributed by atoms with Crippen molar-refractivity contribution in [1.29, 1.82) is 0 Å². The lowest BCUT2D eigenvalue weighted by atomic mass is 10.1. The van der Waals surface area contributed by atoms with Gasteiger partial charge in [0.15, 0.2) is 5.56 Å². The standard InChI is InChI=1S/C12H16N2O5/c1-8(7-15)6-13-12(16)11-9(14(17)18)4-3-5-10(11)19-2/h3-5,8,15H,6-7H2,1-2H3,(H,13,16). The van der Waals surface area contributed by atoms with Crippen molar-refractivity contribution in [3.8, 4) is 5.75 Å². The maximum Gasteiger partial charge on any atom is 0.285 e. The van der Waals surface area contributed by atoms with Gasteiger partial charge in [0.25, 0.3) is 11.6 Å².